The van der Waals surface area contributed by atoms with Crippen molar-refractivity contribution in [1.29, 1.82) is 5.26 Å². The van der Waals surface area contributed by atoms with E-state index in [-0.39, 0.29) is 6.61 Å². The minimum atomic E-state index is -1.70. The molecule has 0 aromatic heterocycles. The normalized spacial score (nSPS) is 30.1. The van der Waals surface area contributed by atoms with Gasteiger partial charge in [0.15, 0.2) is 0 Å². The van der Waals surface area contributed by atoms with Crippen LogP contribution in [0.1, 0.15) is 13.8 Å². The maximum Gasteiger partial charge on any atom is 0.332 e. The summed E-state index contributed by atoms with van der Waals surface area (Å²) in [5.41, 5.74) is -1.67. The van der Waals surface area contributed by atoms with E-state index in [1.165, 1.54) is 28.4 Å². The summed E-state index contributed by atoms with van der Waals surface area (Å²) in [5, 5.41) is 9.60. The highest BCUT2D eigenvalue weighted by atomic mass is 16.8. The Balaban J connectivity index is 3.47. The van der Waals surface area contributed by atoms with Gasteiger partial charge in [0.05, 0.1) is 18.6 Å². The van der Waals surface area contributed by atoms with Crippen LogP contribution in [0.15, 0.2) is 0 Å². The van der Waals surface area contributed by atoms with Gasteiger partial charge in [-0.05, 0) is 6.92 Å². The van der Waals surface area contributed by atoms with Gasteiger partial charge in [-0.3, -0.25) is 4.79 Å². The maximum absolute atomic E-state index is 12.3. The first-order chi connectivity index (χ1) is 9.44. The zero-order chi connectivity index (χ0) is 15.6. The van der Waals surface area contributed by atoms with Crippen LogP contribution in [0, 0.1) is 22.7 Å². The smallest absolute Gasteiger partial charge is 0.332 e. The second kappa shape index (κ2) is 5.66. The lowest BCUT2D eigenvalue weighted by Gasteiger charge is -2.65. The topological polar surface area (TPSA) is 87.0 Å². The third kappa shape index (κ3) is 1.50. The molecule has 0 amide bonds. The van der Waals surface area contributed by atoms with Crippen LogP contribution in [0.5, 0.6) is 0 Å². The number of ether oxygens (including phenoxy) is 5. The third-order valence-electron chi connectivity index (χ3n) is 4.15. The quantitative estimate of drug-likeness (QED) is 0.524. The second-order valence-electron chi connectivity index (χ2n) is 4.46. The lowest BCUT2D eigenvalue weighted by atomic mass is 9.51. The molecule has 0 spiro atoms. The zero-order valence-corrected chi connectivity index (χ0v) is 12.7. The Kier molecular flexibility index (Phi) is 4.77. The maximum atomic E-state index is 12.3. The van der Waals surface area contributed by atoms with E-state index in [9.17, 15) is 10.1 Å². The number of hydrogen-bond acceptors (Lipinski definition) is 7. The van der Waals surface area contributed by atoms with E-state index in [1.54, 1.807) is 13.8 Å². The number of carbonyl (C=O) groups excluding carboxylic acids is 1. The molecule has 1 rings (SSSR count). The third-order valence-corrected chi connectivity index (χ3v) is 4.15. The van der Waals surface area contributed by atoms with Crippen molar-refractivity contribution in [3.8, 4) is 6.07 Å². The van der Waals surface area contributed by atoms with Crippen LogP contribution in [0.25, 0.3) is 0 Å². The molecule has 2 unspecified atom stereocenters. The van der Waals surface area contributed by atoms with E-state index in [1.807, 2.05) is 6.07 Å². The highest BCUT2D eigenvalue weighted by molar-refractivity contribution is 5.84. The molecule has 20 heavy (non-hydrogen) atoms. The van der Waals surface area contributed by atoms with Crippen molar-refractivity contribution in [2.75, 3.05) is 35.0 Å². The molecule has 1 aliphatic carbocycles. The molecule has 0 bridgehead atoms. The number of hydrogen-bond donors (Lipinski definition) is 0. The Morgan fingerprint density at radius 3 is 1.95 bits per heavy atom. The van der Waals surface area contributed by atoms with Gasteiger partial charge >= 0.3 is 5.97 Å². The lowest BCUT2D eigenvalue weighted by Crippen LogP contribution is -2.85. The second-order valence-corrected chi connectivity index (χ2v) is 4.46. The largest absolute Gasteiger partial charge is 0.465 e. The summed E-state index contributed by atoms with van der Waals surface area (Å²) in [6.45, 7) is 3.46. The Hall–Kier alpha value is -1.20. The highest BCUT2D eigenvalue weighted by Gasteiger charge is 2.87. The molecular weight excluding hydrogens is 266 g/mol. The minimum Gasteiger partial charge on any atom is -0.465 e. The molecule has 2 atom stereocenters. The average molecular weight is 287 g/mol. The first kappa shape index (κ1) is 16.9. The summed E-state index contributed by atoms with van der Waals surface area (Å²) in [6, 6.07) is 1.98. The van der Waals surface area contributed by atoms with E-state index in [2.05, 4.69) is 0 Å². The van der Waals surface area contributed by atoms with Crippen LogP contribution < -0.4 is 0 Å². The Morgan fingerprint density at radius 2 is 1.65 bits per heavy atom. The Bertz CT molecular complexity index is 410. The zero-order valence-electron chi connectivity index (χ0n) is 12.7. The monoisotopic (exact) mass is 287 g/mol. The molecule has 1 fully saturated rings. The molecule has 0 radical (unpaired) electrons. The first-order valence-electron chi connectivity index (χ1n) is 6.23. The van der Waals surface area contributed by atoms with Crippen LogP contribution >= 0.6 is 0 Å². The van der Waals surface area contributed by atoms with E-state index in [4.69, 9.17) is 23.7 Å². The molecule has 0 aromatic carbocycles. The van der Waals surface area contributed by atoms with E-state index < -0.39 is 28.9 Å². The van der Waals surface area contributed by atoms with Gasteiger partial charge in [-0.2, -0.15) is 5.26 Å². The fraction of sp³-hybridized carbons (Fsp3) is 0.846. The van der Waals surface area contributed by atoms with Gasteiger partial charge in [0, 0.05) is 28.4 Å². The van der Waals surface area contributed by atoms with Gasteiger partial charge in [-0.25, -0.2) is 0 Å². The summed E-state index contributed by atoms with van der Waals surface area (Å²) in [4.78, 5) is 12.3. The molecule has 0 aromatic rings. The number of rotatable bonds is 6. The Labute approximate surface area is 118 Å². The van der Waals surface area contributed by atoms with Crippen LogP contribution in [-0.2, 0) is 28.5 Å². The van der Waals surface area contributed by atoms with Crippen molar-refractivity contribution in [3.63, 3.8) is 0 Å². The van der Waals surface area contributed by atoms with Crippen molar-refractivity contribution in [1.82, 2.24) is 0 Å². The summed E-state index contributed by atoms with van der Waals surface area (Å²) in [5.74, 6) is -4.44. The Morgan fingerprint density at radius 1 is 1.15 bits per heavy atom. The summed E-state index contributed by atoms with van der Waals surface area (Å²) in [6.07, 6.45) is 0. The molecular formula is C13H21NO6. The van der Waals surface area contributed by atoms with E-state index >= 15 is 0 Å². The highest BCUT2D eigenvalue weighted by Crippen LogP contribution is 2.65. The molecule has 0 heterocycles. The number of methoxy groups -OCH3 is 4. The van der Waals surface area contributed by atoms with Gasteiger partial charge in [-0.1, -0.05) is 6.92 Å². The van der Waals surface area contributed by atoms with E-state index in [0.29, 0.717) is 0 Å². The molecule has 0 N–H and O–H groups in total. The van der Waals surface area contributed by atoms with Crippen molar-refractivity contribution >= 4 is 5.97 Å². The lowest BCUT2D eigenvalue weighted by molar-refractivity contribution is -0.497. The predicted molar refractivity (Wildman–Crippen MR) is 67.3 cm³/mol. The van der Waals surface area contributed by atoms with Crippen molar-refractivity contribution in [2.45, 2.75) is 25.4 Å². The summed E-state index contributed by atoms with van der Waals surface area (Å²) < 4.78 is 26.5. The molecule has 1 aliphatic rings. The molecule has 0 aliphatic heterocycles. The molecule has 7 heteroatoms. The minimum absolute atomic E-state index is 0.144. The van der Waals surface area contributed by atoms with Crippen LogP contribution in [-0.4, -0.2) is 52.6 Å². The molecule has 1 saturated carbocycles. The number of nitriles is 1. The molecule has 114 valence electrons. The van der Waals surface area contributed by atoms with Crippen molar-refractivity contribution < 1.29 is 28.5 Å². The number of nitrogens with zero attached hydrogens (tertiary/aromatic N) is 1. The van der Waals surface area contributed by atoms with Crippen molar-refractivity contribution in [3.05, 3.63) is 0 Å². The predicted octanol–water partition coefficient (Wildman–Crippen LogP) is 0.687. The van der Waals surface area contributed by atoms with Gasteiger partial charge < -0.3 is 23.7 Å². The number of carbonyl (C=O) groups is 1. The van der Waals surface area contributed by atoms with Crippen LogP contribution in [0.4, 0.5) is 0 Å². The van der Waals surface area contributed by atoms with E-state index in [0.717, 1.165) is 0 Å². The van der Waals surface area contributed by atoms with Gasteiger partial charge in [-0.15, -0.1) is 0 Å². The SMILES string of the molecule is CCOC(=O)C1(C#N)C(C)C(OC)(OC)C1(OC)OC. The van der Waals surface area contributed by atoms with Gasteiger partial charge in [0.2, 0.25) is 11.2 Å². The fourth-order valence-corrected chi connectivity index (χ4v) is 3.22. The van der Waals surface area contributed by atoms with Crippen LogP contribution in [0.2, 0.25) is 0 Å². The van der Waals surface area contributed by atoms with Crippen LogP contribution in [0.3, 0.4) is 0 Å². The molecule has 7 nitrogen and oxygen atoms in total. The molecule has 0 saturated heterocycles. The summed E-state index contributed by atoms with van der Waals surface area (Å²) >= 11 is 0. The first-order valence-corrected chi connectivity index (χ1v) is 6.23. The summed E-state index contributed by atoms with van der Waals surface area (Å²) in [7, 11) is 5.46. The average Bonchev–Trinajstić information content (AvgIpc) is 2.46. The van der Waals surface area contributed by atoms with Gasteiger partial charge in [0.1, 0.15) is 0 Å². The fourth-order valence-electron chi connectivity index (χ4n) is 3.22. The number of esters is 1. The van der Waals surface area contributed by atoms with Crippen molar-refractivity contribution in [2.24, 2.45) is 11.3 Å². The van der Waals surface area contributed by atoms with Gasteiger partial charge in [0.25, 0.3) is 5.79 Å². The standard InChI is InChI=1S/C13H21NO6/c1-7-20-10(15)11(8-14)9(2)12(16-3,17-4)13(11,18-5)19-6/h9H,7H2,1-6H3.